The fourth-order valence-electron chi connectivity index (χ4n) is 1.24. The van der Waals surface area contributed by atoms with Crippen molar-refractivity contribution in [2.75, 3.05) is 11.5 Å². The SMILES string of the molecule is CC(CC(O)O)Oc1ccc(N)cc1N. The first kappa shape index (κ1) is 11.6. The highest BCUT2D eigenvalue weighted by Crippen LogP contribution is 2.25. The Balaban J connectivity index is 2.64. The number of hydrogen-bond donors (Lipinski definition) is 4. The lowest BCUT2D eigenvalue weighted by Gasteiger charge is -2.17. The molecular weight excluding hydrogens is 196 g/mol. The number of nitrogens with two attached hydrogens (primary N) is 2. The number of rotatable bonds is 4. The minimum absolute atomic E-state index is 0.129. The predicted octanol–water partition coefficient (Wildman–Crippen LogP) is 0.319. The number of benzene rings is 1. The van der Waals surface area contributed by atoms with E-state index >= 15 is 0 Å². The number of aliphatic hydroxyl groups excluding tert-OH is 1. The summed E-state index contributed by atoms with van der Waals surface area (Å²) in [4.78, 5) is 0. The van der Waals surface area contributed by atoms with Crippen molar-refractivity contribution in [3.63, 3.8) is 0 Å². The Labute approximate surface area is 88.3 Å². The van der Waals surface area contributed by atoms with E-state index in [0.717, 1.165) is 0 Å². The van der Waals surface area contributed by atoms with Gasteiger partial charge in [-0.2, -0.15) is 0 Å². The summed E-state index contributed by atoms with van der Waals surface area (Å²) in [6.45, 7) is 1.73. The number of aliphatic hydroxyl groups is 2. The Kier molecular flexibility index (Phi) is 3.76. The molecule has 0 aliphatic carbocycles. The molecule has 0 aromatic heterocycles. The van der Waals surface area contributed by atoms with E-state index in [-0.39, 0.29) is 12.5 Å². The van der Waals surface area contributed by atoms with Crippen molar-refractivity contribution in [1.82, 2.24) is 0 Å². The summed E-state index contributed by atoms with van der Waals surface area (Å²) >= 11 is 0. The predicted molar refractivity (Wildman–Crippen MR) is 58.2 cm³/mol. The Bertz CT molecular complexity index is 328. The molecule has 0 aliphatic rings. The van der Waals surface area contributed by atoms with Crippen LogP contribution in [0.2, 0.25) is 0 Å². The quantitative estimate of drug-likeness (QED) is 0.425. The third kappa shape index (κ3) is 3.65. The Hall–Kier alpha value is -1.46. The molecule has 0 saturated carbocycles. The molecular formula is C10H16N2O3. The van der Waals surface area contributed by atoms with E-state index in [9.17, 15) is 0 Å². The van der Waals surface area contributed by atoms with Crippen molar-refractivity contribution in [2.45, 2.75) is 25.7 Å². The molecule has 84 valence electrons. The molecule has 0 radical (unpaired) electrons. The van der Waals surface area contributed by atoms with Crippen LogP contribution >= 0.6 is 0 Å². The summed E-state index contributed by atoms with van der Waals surface area (Å²) < 4.78 is 5.41. The maximum Gasteiger partial charge on any atom is 0.154 e. The average Bonchev–Trinajstić information content (AvgIpc) is 2.08. The Morgan fingerprint density at radius 3 is 2.53 bits per heavy atom. The lowest BCUT2D eigenvalue weighted by atomic mass is 10.2. The van der Waals surface area contributed by atoms with Crippen molar-refractivity contribution in [3.05, 3.63) is 18.2 Å². The van der Waals surface area contributed by atoms with Gasteiger partial charge in [0.05, 0.1) is 5.69 Å². The van der Waals surface area contributed by atoms with Gasteiger partial charge in [0.1, 0.15) is 11.9 Å². The van der Waals surface area contributed by atoms with Crippen LogP contribution in [-0.4, -0.2) is 22.6 Å². The van der Waals surface area contributed by atoms with Gasteiger partial charge in [-0.15, -0.1) is 0 Å². The number of hydrogen-bond acceptors (Lipinski definition) is 5. The van der Waals surface area contributed by atoms with Gasteiger partial charge in [0.15, 0.2) is 6.29 Å². The summed E-state index contributed by atoms with van der Waals surface area (Å²) in [5.74, 6) is 0.498. The lowest BCUT2D eigenvalue weighted by molar-refractivity contribution is -0.0632. The van der Waals surface area contributed by atoms with Gasteiger partial charge in [0.25, 0.3) is 0 Å². The second kappa shape index (κ2) is 4.86. The summed E-state index contributed by atoms with van der Waals surface area (Å²) in [6.07, 6.45) is -1.57. The Morgan fingerprint density at radius 2 is 2.00 bits per heavy atom. The van der Waals surface area contributed by atoms with Crippen molar-refractivity contribution < 1.29 is 14.9 Å². The second-order valence-electron chi connectivity index (χ2n) is 3.44. The molecule has 5 heteroatoms. The summed E-state index contributed by atoms with van der Waals surface area (Å²) in [5, 5.41) is 17.5. The van der Waals surface area contributed by atoms with Crippen LogP contribution in [0.5, 0.6) is 5.75 Å². The van der Waals surface area contributed by atoms with Crippen molar-refractivity contribution >= 4 is 11.4 Å². The van der Waals surface area contributed by atoms with Crippen LogP contribution in [0.15, 0.2) is 18.2 Å². The zero-order valence-electron chi connectivity index (χ0n) is 8.55. The maximum atomic E-state index is 8.74. The van der Waals surface area contributed by atoms with Crippen LogP contribution in [0.4, 0.5) is 11.4 Å². The van der Waals surface area contributed by atoms with E-state index < -0.39 is 6.29 Å². The zero-order chi connectivity index (χ0) is 11.4. The van der Waals surface area contributed by atoms with Gasteiger partial charge in [0.2, 0.25) is 0 Å². The molecule has 0 saturated heterocycles. The van der Waals surface area contributed by atoms with E-state index in [1.165, 1.54) is 0 Å². The highest BCUT2D eigenvalue weighted by molar-refractivity contribution is 5.60. The smallest absolute Gasteiger partial charge is 0.154 e. The number of anilines is 2. The van der Waals surface area contributed by atoms with Gasteiger partial charge in [-0.05, 0) is 25.1 Å². The van der Waals surface area contributed by atoms with Gasteiger partial charge < -0.3 is 26.4 Å². The third-order valence-corrected chi connectivity index (χ3v) is 1.90. The first-order chi connectivity index (χ1) is 6.99. The molecule has 0 bridgehead atoms. The fraction of sp³-hybridized carbons (Fsp3) is 0.400. The third-order valence-electron chi connectivity index (χ3n) is 1.90. The minimum atomic E-state index is -1.38. The molecule has 0 fully saturated rings. The number of ether oxygens (including phenoxy) is 1. The summed E-state index contributed by atoms with van der Waals surface area (Å²) in [7, 11) is 0. The molecule has 0 amide bonds. The summed E-state index contributed by atoms with van der Waals surface area (Å²) in [5.41, 5.74) is 12.2. The molecule has 6 N–H and O–H groups in total. The van der Waals surface area contributed by atoms with Gasteiger partial charge in [-0.1, -0.05) is 0 Å². The molecule has 0 aliphatic heterocycles. The van der Waals surface area contributed by atoms with Gasteiger partial charge in [-0.3, -0.25) is 0 Å². The van der Waals surface area contributed by atoms with Crippen LogP contribution in [0.1, 0.15) is 13.3 Å². The molecule has 1 rings (SSSR count). The van der Waals surface area contributed by atoms with E-state index in [1.807, 2.05) is 0 Å². The monoisotopic (exact) mass is 212 g/mol. The molecule has 1 aromatic rings. The highest BCUT2D eigenvalue weighted by Gasteiger charge is 2.10. The van der Waals surface area contributed by atoms with E-state index in [2.05, 4.69) is 0 Å². The van der Waals surface area contributed by atoms with Crippen LogP contribution in [-0.2, 0) is 0 Å². The van der Waals surface area contributed by atoms with E-state index in [1.54, 1.807) is 25.1 Å². The topological polar surface area (TPSA) is 102 Å². The van der Waals surface area contributed by atoms with Crippen LogP contribution < -0.4 is 16.2 Å². The molecule has 1 atom stereocenters. The largest absolute Gasteiger partial charge is 0.488 e. The molecule has 1 unspecified atom stereocenters. The summed E-state index contributed by atoms with van der Waals surface area (Å²) in [6, 6.07) is 4.93. The van der Waals surface area contributed by atoms with Gasteiger partial charge in [0, 0.05) is 12.1 Å². The minimum Gasteiger partial charge on any atom is -0.488 e. The number of nitrogen functional groups attached to an aromatic ring is 2. The maximum absolute atomic E-state index is 8.74. The molecule has 15 heavy (non-hydrogen) atoms. The van der Waals surface area contributed by atoms with E-state index in [4.69, 9.17) is 26.4 Å². The molecule has 0 heterocycles. The molecule has 1 aromatic carbocycles. The van der Waals surface area contributed by atoms with Crippen LogP contribution in [0.25, 0.3) is 0 Å². The van der Waals surface area contributed by atoms with Crippen molar-refractivity contribution in [3.8, 4) is 5.75 Å². The highest BCUT2D eigenvalue weighted by atomic mass is 16.5. The van der Waals surface area contributed by atoms with Crippen LogP contribution in [0.3, 0.4) is 0 Å². The van der Waals surface area contributed by atoms with Crippen molar-refractivity contribution in [2.24, 2.45) is 0 Å². The average molecular weight is 212 g/mol. The first-order valence-electron chi connectivity index (χ1n) is 4.67. The molecule has 0 spiro atoms. The second-order valence-corrected chi connectivity index (χ2v) is 3.44. The molecule has 5 nitrogen and oxygen atoms in total. The Morgan fingerprint density at radius 1 is 1.33 bits per heavy atom. The first-order valence-corrected chi connectivity index (χ1v) is 4.67. The lowest BCUT2D eigenvalue weighted by Crippen LogP contribution is -2.20. The van der Waals surface area contributed by atoms with Crippen molar-refractivity contribution in [1.29, 1.82) is 0 Å². The van der Waals surface area contributed by atoms with Gasteiger partial charge >= 0.3 is 0 Å². The van der Waals surface area contributed by atoms with Crippen LogP contribution in [0, 0.1) is 0 Å². The normalized spacial score (nSPS) is 12.8. The van der Waals surface area contributed by atoms with E-state index in [0.29, 0.717) is 17.1 Å². The standard InChI is InChI=1S/C10H16N2O3/c1-6(4-10(13)14)15-9-3-2-7(11)5-8(9)12/h2-3,5-6,10,13-14H,4,11-12H2,1H3. The fourth-order valence-corrected chi connectivity index (χ4v) is 1.24. The zero-order valence-corrected chi connectivity index (χ0v) is 8.55. The van der Waals surface area contributed by atoms with Gasteiger partial charge in [-0.25, -0.2) is 0 Å².